The molecule has 0 aromatic heterocycles. The Morgan fingerprint density at radius 3 is 2.67 bits per heavy atom. The molecule has 2 heterocycles. The molecule has 0 bridgehead atoms. The van der Waals surface area contributed by atoms with Crippen LogP contribution in [0.3, 0.4) is 0 Å². The average Bonchev–Trinajstić information content (AvgIpc) is 2.34. The topological polar surface area (TPSA) is 49.6 Å². The number of hydrogen-bond acceptors (Lipinski definition) is 3. The van der Waals surface area contributed by atoms with E-state index in [1.165, 1.54) is 6.42 Å². The van der Waals surface area contributed by atoms with E-state index in [0.29, 0.717) is 30.5 Å². The number of carbonyl (C=O) groups is 1. The van der Waals surface area contributed by atoms with Gasteiger partial charge in [-0.3, -0.25) is 9.69 Å². The van der Waals surface area contributed by atoms with E-state index in [4.69, 9.17) is 5.73 Å². The third kappa shape index (κ3) is 3.23. The van der Waals surface area contributed by atoms with E-state index in [2.05, 4.69) is 23.6 Å². The number of piperidine rings is 2. The van der Waals surface area contributed by atoms with Crippen LogP contribution in [0.4, 0.5) is 0 Å². The van der Waals surface area contributed by atoms with Gasteiger partial charge in [-0.1, -0.05) is 6.92 Å². The normalized spacial score (nSPS) is 34.6. The van der Waals surface area contributed by atoms with Crippen LogP contribution >= 0.6 is 0 Å². The van der Waals surface area contributed by atoms with Crippen molar-refractivity contribution >= 4 is 5.91 Å². The summed E-state index contributed by atoms with van der Waals surface area (Å²) in [6.45, 7) is 7.83. The lowest BCUT2D eigenvalue weighted by molar-refractivity contribution is -0.136. The second kappa shape index (κ2) is 6.02. The third-order valence-electron chi connectivity index (χ3n) is 4.54. The zero-order valence-electron chi connectivity index (χ0n) is 11.8. The third-order valence-corrected chi connectivity index (χ3v) is 4.54. The largest absolute Gasteiger partial charge is 0.339 e. The predicted octanol–water partition coefficient (Wildman–Crippen LogP) is 1.06. The molecule has 0 aliphatic carbocycles. The first-order valence-corrected chi connectivity index (χ1v) is 7.35. The van der Waals surface area contributed by atoms with Crippen molar-refractivity contribution in [3.05, 3.63) is 0 Å². The summed E-state index contributed by atoms with van der Waals surface area (Å²) in [6.07, 6.45) is 4.61. The summed E-state index contributed by atoms with van der Waals surface area (Å²) < 4.78 is 0. The van der Waals surface area contributed by atoms with Gasteiger partial charge in [0.05, 0.1) is 6.54 Å². The van der Waals surface area contributed by atoms with Crippen LogP contribution in [0.1, 0.15) is 39.5 Å². The van der Waals surface area contributed by atoms with Crippen molar-refractivity contribution in [2.24, 2.45) is 11.7 Å². The fourth-order valence-corrected chi connectivity index (χ4v) is 3.14. The first kappa shape index (κ1) is 13.8. The molecule has 2 rings (SSSR count). The quantitative estimate of drug-likeness (QED) is 0.800. The Morgan fingerprint density at radius 1 is 1.22 bits per heavy atom. The molecule has 1 amide bonds. The number of hydrogen-bond donors (Lipinski definition) is 1. The SMILES string of the molecule is CC1CN(CC(=O)N2CCCCC2C)CCC1N. The van der Waals surface area contributed by atoms with Crippen molar-refractivity contribution in [3.63, 3.8) is 0 Å². The maximum Gasteiger partial charge on any atom is 0.236 e. The van der Waals surface area contributed by atoms with Crippen molar-refractivity contribution < 1.29 is 4.79 Å². The van der Waals surface area contributed by atoms with E-state index >= 15 is 0 Å². The monoisotopic (exact) mass is 253 g/mol. The lowest BCUT2D eigenvalue weighted by Gasteiger charge is -2.38. The summed E-state index contributed by atoms with van der Waals surface area (Å²) in [5.74, 6) is 0.815. The molecule has 4 heteroatoms. The van der Waals surface area contributed by atoms with Crippen molar-refractivity contribution in [2.75, 3.05) is 26.2 Å². The molecule has 2 aliphatic heterocycles. The summed E-state index contributed by atoms with van der Waals surface area (Å²) in [5, 5.41) is 0. The second-order valence-corrected chi connectivity index (χ2v) is 6.10. The standard InChI is InChI=1S/C14H27N3O/c1-11-9-16(8-6-13(11)15)10-14(18)17-7-4-3-5-12(17)2/h11-13H,3-10,15H2,1-2H3. The van der Waals surface area contributed by atoms with Crippen LogP contribution in [0.15, 0.2) is 0 Å². The first-order chi connectivity index (χ1) is 8.58. The number of rotatable bonds is 2. The number of amides is 1. The number of nitrogens with zero attached hydrogens (tertiary/aromatic N) is 2. The maximum absolute atomic E-state index is 12.3. The zero-order valence-corrected chi connectivity index (χ0v) is 11.8. The van der Waals surface area contributed by atoms with Gasteiger partial charge in [-0.15, -0.1) is 0 Å². The Morgan fingerprint density at radius 2 is 2.00 bits per heavy atom. The highest BCUT2D eigenvalue weighted by atomic mass is 16.2. The smallest absolute Gasteiger partial charge is 0.236 e. The fraction of sp³-hybridized carbons (Fsp3) is 0.929. The summed E-state index contributed by atoms with van der Waals surface area (Å²) in [5.41, 5.74) is 6.01. The lowest BCUT2D eigenvalue weighted by Crippen LogP contribution is -2.51. The summed E-state index contributed by atoms with van der Waals surface area (Å²) in [6, 6.07) is 0.737. The molecule has 0 aromatic carbocycles. The van der Waals surface area contributed by atoms with Crippen molar-refractivity contribution in [2.45, 2.75) is 51.6 Å². The van der Waals surface area contributed by atoms with E-state index in [9.17, 15) is 4.79 Å². The minimum absolute atomic E-state index is 0.310. The van der Waals surface area contributed by atoms with Crippen molar-refractivity contribution in [3.8, 4) is 0 Å². The molecular formula is C14H27N3O. The molecule has 104 valence electrons. The van der Waals surface area contributed by atoms with Gasteiger partial charge in [0.1, 0.15) is 0 Å². The molecule has 2 fully saturated rings. The van der Waals surface area contributed by atoms with Gasteiger partial charge in [-0.2, -0.15) is 0 Å². The van der Waals surface area contributed by atoms with E-state index in [0.717, 1.165) is 38.9 Å². The van der Waals surface area contributed by atoms with Crippen LogP contribution < -0.4 is 5.73 Å². The second-order valence-electron chi connectivity index (χ2n) is 6.10. The number of carbonyl (C=O) groups excluding carboxylic acids is 1. The highest BCUT2D eigenvalue weighted by Crippen LogP contribution is 2.18. The van der Waals surface area contributed by atoms with Gasteiger partial charge in [0.15, 0.2) is 0 Å². The molecule has 2 aliphatic rings. The first-order valence-electron chi connectivity index (χ1n) is 7.35. The van der Waals surface area contributed by atoms with Gasteiger partial charge in [-0.25, -0.2) is 0 Å². The maximum atomic E-state index is 12.3. The molecule has 0 radical (unpaired) electrons. The van der Waals surface area contributed by atoms with E-state index < -0.39 is 0 Å². The lowest BCUT2D eigenvalue weighted by atomic mass is 9.95. The Labute approximate surface area is 110 Å². The van der Waals surface area contributed by atoms with Gasteiger partial charge in [0, 0.05) is 31.7 Å². The van der Waals surface area contributed by atoms with Crippen molar-refractivity contribution in [1.82, 2.24) is 9.80 Å². The highest BCUT2D eigenvalue weighted by molar-refractivity contribution is 5.78. The van der Waals surface area contributed by atoms with Gasteiger partial charge in [-0.05, 0) is 38.5 Å². The molecule has 4 nitrogen and oxygen atoms in total. The Balaban J connectivity index is 1.83. The van der Waals surface area contributed by atoms with Crippen LogP contribution in [0.5, 0.6) is 0 Å². The summed E-state index contributed by atoms with van der Waals surface area (Å²) >= 11 is 0. The fourth-order valence-electron chi connectivity index (χ4n) is 3.14. The van der Waals surface area contributed by atoms with Gasteiger partial charge in [0.2, 0.25) is 5.91 Å². The Bertz CT molecular complexity index is 295. The van der Waals surface area contributed by atoms with Crippen LogP contribution in [0, 0.1) is 5.92 Å². The van der Waals surface area contributed by atoms with E-state index in [1.54, 1.807) is 0 Å². The molecule has 0 spiro atoms. The van der Waals surface area contributed by atoms with Crippen LogP contribution in [-0.2, 0) is 4.79 Å². The van der Waals surface area contributed by atoms with Crippen LogP contribution in [0.25, 0.3) is 0 Å². The zero-order chi connectivity index (χ0) is 13.1. The molecule has 0 aromatic rings. The van der Waals surface area contributed by atoms with E-state index in [1.807, 2.05) is 0 Å². The predicted molar refractivity (Wildman–Crippen MR) is 73.2 cm³/mol. The minimum Gasteiger partial charge on any atom is -0.339 e. The minimum atomic E-state index is 0.310. The number of likely N-dealkylation sites (tertiary alicyclic amines) is 2. The number of nitrogens with two attached hydrogens (primary N) is 1. The van der Waals surface area contributed by atoms with Gasteiger partial charge in [0.25, 0.3) is 0 Å². The van der Waals surface area contributed by atoms with Crippen LogP contribution in [-0.4, -0.2) is 54.0 Å². The Hall–Kier alpha value is -0.610. The van der Waals surface area contributed by atoms with Gasteiger partial charge >= 0.3 is 0 Å². The molecule has 2 saturated heterocycles. The van der Waals surface area contributed by atoms with Crippen LogP contribution in [0.2, 0.25) is 0 Å². The average molecular weight is 253 g/mol. The Kier molecular flexibility index (Phi) is 4.62. The summed E-state index contributed by atoms with van der Waals surface area (Å²) in [7, 11) is 0. The molecule has 18 heavy (non-hydrogen) atoms. The molecule has 3 unspecified atom stereocenters. The molecular weight excluding hydrogens is 226 g/mol. The summed E-state index contributed by atoms with van der Waals surface area (Å²) in [4.78, 5) is 16.7. The van der Waals surface area contributed by atoms with Gasteiger partial charge < -0.3 is 10.6 Å². The highest BCUT2D eigenvalue weighted by Gasteiger charge is 2.28. The molecule has 0 saturated carbocycles. The van der Waals surface area contributed by atoms with E-state index in [-0.39, 0.29) is 0 Å². The molecule has 2 N–H and O–H groups in total. The van der Waals surface area contributed by atoms with Crippen molar-refractivity contribution in [1.29, 1.82) is 0 Å². The molecule has 3 atom stereocenters.